The van der Waals surface area contributed by atoms with E-state index in [0.29, 0.717) is 11.8 Å². The van der Waals surface area contributed by atoms with Crippen LogP contribution in [0.15, 0.2) is 24.3 Å². The summed E-state index contributed by atoms with van der Waals surface area (Å²) in [5.74, 6) is 0.728. The van der Waals surface area contributed by atoms with E-state index in [0.717, 1.165) is 12.8 Å². The molecule has 0 heterocycles. The van der Waals surface area contributed by atoms with E-state index >= 15 is 0 Å². The Morgan fingerprint density at radius 1 is 0.793 bits per heavy atom. The van der Waals surface area contributed by atoms with E-state index in [4.69, 9.17) is 0 Å². The molecule has 0 saturated carbocycles. The average molecular weight is 426 g/mol. The lowest BCUT2D eigenvalue weighted by Crippen LogP contribution is -3.00. The molecule has 0 aromatic carbocycles. The summed E-state index contributed by atoms with van der Waals surface area (Å²) in [5.41, 5.74) is -0.0959. The quantitative estimate of drug-likeness (QED) is 0.353. The molecule has 1 rings (SSSR count). The molecule has 0 bridgehead atoms. The Labute approximate surface area is 187 Å². The summed E-state index contributed by atoms with van der Waals surface area (Å²) in [4.78, 5) is 12.3. The zero-order valence-corrected chi connectivity index (χ0v) is 20.3. The minimum absolute atomic E-state index is 0. The molecule has 2 nitrogen and oxygen atoms in total. The molecule has 1 aliphatic carbocycles. The third-order valence-corrected chi connectivity index (χ3v) is 6.45. The lowest BCUT2D eigenvalue weighted by molar-refractivity contribution is -0.637. The van der Waals surface area contributed by atoms with Crippen LogP contribution in [-0.4, -0.2) is 11.4 Å². The molecular formula is C26H48ClNO. The van der Waals surface area contributed by atoms with Crippen molar-refractivity contribution in [1.82, 2.24) is 0 Å². The largest absolute Gasteiger partial charge is 1.00 e. The van der Waals surface area contributed by atoms with Crippen LogP contribution in [-0.2, 0) is 4.79 Å². The van der Waals surface area contributed by atoms with E-state index in [1.807, 2.05) is 5.32 Å². The summed E-state index contributed by atoms with van der Waals surface area (Å²) in [6, 6.07) is 0. The number of allylic oxidation sites excluding steroid dienone is 2. The number of halogens is 1. The van der Waals surface area contributed by atoms with Crippen molar-refractivity contribution < 1.29 is 22.5 Å². The van der Waals surface area contributed by atoms with Crippen molar-refractivity contribution in [1.29, 1.82) is 0 Å². The van der Waals surface area contributed by atoms with E-state index in [2.05, 4.69) is 45.1 Å². The number of amides is 1. The molecule has 0 saturated heterocycles. The van der Waals surface area contributed by atoms with Gasteiger partial charge in [-0.25, -0.2) is 4.79 Å². The minimum Gasteiger partial charge on any atom is -1.00 e. The van der Waals surface area contributed by atoms with Crippen LogP contribution in [0.25, 0.3) is 0 Å². The van der Waals surface area contributed by atoms with Crippen molar-refractivity contribution >= 4 is 5.91 Å². The molecule has 170 valence electrons. The van der Waals surface area contributed by atoms with E-state index in [1.165, 1.54) is 89.9 Å². The van der Waals surface area contributed by atoms with Gasteiger partial charge in [-0.3, -0.25) is 5.32 Å². The second-order valence-corrected chi connectivity index (χ2v) is 9.21. The summed E-state index contributed by atoms with van der Waals surface area (Å²) in [7, 11) is 0. The number of carbonyl (C=O) groups excluding carboxylic acids is 1. The van der Waals surface area contributed by atoms with Crippen LogP contribution >= 0.6 is 0 Å². The van der Waals surface area contributed by atoms with Gasteiger partial charge in [0.1, 0.15) is 5.54 Å². The summed E-state index contributed by atoms with van der Waals surface area (Å²) in [6.45, 7) is 6.65. The van der Waals surface area contributed by atoms with Crippen molar-refractivity contribution in [2.75, 3.05) is 0 Å². The van der Waals surface area contributed by atoms with Gasteiger partial charge >= 0.3 is 5.91 Å². The lowest BCUT2D eigenvalue weighted by atomic mass is 9.83. The third-order valence-electron chi connectivity index (χ3n) is 6.45. The highest BCUT2D eigenvalue weighted by Crippen LogP contribution is 2.19. The monoisotopic (exact) mass is 425 g/mol. The Hall–Kier alpha value is -0.600. The van der Waals surface area contributed by atoms with Gasteiger partial charge in [0.25, 0.3) is 0 Å². The van der Waals surface area contributed by atoms with Crippen LogP contribution in [0.4, 0.5) is 0 Å². The van der Waals surface area contributed by atoms with Crippen molar-refractivity contribution in [3.05, 3.63) is 24.3 Å². The molecule has 2 unspecified atom stereocenters. The Morgan fingerprint density at radius 2 is 1.24 bits per heavy atom. The zero-order chi connectivity index (χ0) is 20.5. The number of nitrogens with two attached hydrogens (primary N) is 1. The smallest absolute Gasteiger partial charge is 0.311 e. The molecule has 0 radical (unpaired) electrons. The predicted octanol–water partition coefficient (Wildman–Crippen LogP) is 3.86. The second-order valence-electron chi connectivity index (χ2n) is 9.21. The lowest BCUT2D eigenvalue weighted by Gasteiger charge is -2.29. The third kappa shape index (κ3) is 14.1. The SMILES string of the molecule is CCCCCCCCCCCCCCCCCC(=O)[NH2+]C1(C)C=CC=CC1C.[Cl-]. The molecule has 0 aliphatic heterocycles. The maximum Gasteiger partial charge on any atom is 0.311 e. The Bertz CT molecular complexity index is 460. The topological polar surface area (TPSA) is 33.7 Å². The van der Waals surface area contributed by atoms with Gasteiger partial charge in [0.05, 0.1) is 6.42 Å². The maximum atomic E-state index is 12.3. The minimum atomic E-state index is -0.0959. The summed E-state index contributed by atoms with van der Waals surface area (Å²) in [5, 5.41) is 1.96. The van der Waals surface area contributed by atoms with Crippen LogP contribution in [0, 0.1) is 5.92 Å². The first-order chi connectivity index (χ1) is 13.6. The highest BCUT2D eigenvalue weighted by molar-refractivity contribution is 5.65. The second kappa shape index (κ2) is 18.2. The summed E-state index contributed by atoms with van der Waals surface area (Å²) < 4.78 is 0. The van der Waals surface area contributed by atoms with Crippen molar-refractivity contribution in [3.63, 3.8) is 0 Å². The number of hydrogen-bond donors (Lipinski definition) is 1. The Morgan fingerprint density at radius 3 is 1.69 bits per heavy atom. The summed E-state index contributed by atoms with van der Waals surface area (Å²) in [6.07, 6.45) is 29.7. The van der Waals surface area contributed by atoms with E-state index < -0.39 is 0 Å². The van der Waals surface area contributed by atoms with E-state index in [-0.39, 0.29) is 17.9 Å². The maximum absolute atomic E-state index is 12.3. The van der Waals surface area contributed by atoms with Crippen molar-refractivity contribution in [2.24, 2.45) is 5.92 Å². The number of quaternary nitrogens is 1. The fraction of sp³-hybridized carbons (Fsp3) is 0.808. The van der Waals surface area contributed by atoms with Gasteiger partial charge in [0, 0.05) is 5.92 Å². The molecule has 3 heteroatoms. The molecule has 0 aromatic rings. The van der Waals surface area contributed by atoms with E-state index in [9.17, 15) is 4.79 Å². The predicted molar refractivity (Wildman–Crippen MR) is 122 cm³/mol. The van der Waals surface area contributed by atoms with Crippen LogP contribution in [0.2, 0.25) is 0 Å². The number of carbonyl (C=O) groups is 1. The molecule has 1 amide bonds. The standard InChI is InChI=1S/C26H47NO.ClH/c1-4-5-6-7-8-9-10-11-12-13-14-15-16-17-18-22-25(28)27-26(3)23-20-19-21-24(26)2;/h19-21,23-24H,4-18,22H2,1-3H3,(H,27,28);1H. The number of hydrogen-bond acceptors (Lipinski definition) is 1. The van der Waals surface area contributed by atoms with Gasteiger partial charge in [-0.1, -0.05) is 122 Å². The first-order valence-electron chi connectivity index (χ1n) is 12.3. The van der Waals surface area contributed by atoms with Crippen LogP contribution in [0.3, 0.4) is 0 Å². The Kier molecular flexibility index (Phi) is 17.8. The number of unbranched alkanes of at least 4 members (excludes halogenated alkanes) is 14. The molecular weight excluding hydrogens is 378 g/mol. The van der Waals surface area contributed by atoms with Crippen LogP contribution in [0.5, 0.6) is 0 Å². The van der Waals surface area contributed by atoms with Gasteiger partial charge in [0.2, 0.25) is 0 Å². The number of rotatable bonds is 17. The normalized spacial score (nSPS) is 20.6. The highest BCUT2D eigenvalue weighted by atomic mass is 35.5. The number of primary amides is 1. The van der Waals surface area contributed by atoms with Crippen molar-refractivity contribution in [2.45, 2.75) is 129 Å². The van der Waals surface area contributed by atoms with Gasteiger partial charge in [-0.05, 0) is 19.4 Å². The van der Waals surface area contributed by atoms with Crippen LogP contribution < -0.4 is 17.7 Å². The fourth-order valence-electron chi connectivity index (χ4n) is 4.12. The molecule has 2 atom stereocenters. The van der Waals surface area contributed by atoms with Gasteiger partial charge in [-0.15, -0.1) is 0 Å². The van der Waals surface area contributed by atoms with E-state index in [1.54, 1.807) is 0 Å². The first kappa shape index (κ1) is 28.4. The molecule has 0 fully saturated rings. The molecule has 1 aliphatic rings. The van der Waals surface area contributed by atoms with Gasteiger partial charge in [-0.2, -0.15) is 0 Å². The Balaban J connectivity index is 0.00000784. The molecule has 2 N–H and O–H groups in total. The first-order valence-corrected chi connectivity index (χ1v) is 12.3. The van der Waals surface area contributed by atoms with Gasteiger partial charge in [0.15, 0.2) is 0 Å². The van der Waals surface area contributed by atoms with Crippen LogP contribution in [0.1, 0.15) is 124 Å². The summed E-state index contributed by atoms with van der Waals surface area (Å²) >= 11 is 0. The average Bonchev–Trinajstić information content (AvgIpc) is 2.67. The molecule has 0 spiro atoms. The molecule has 0 aromatic heterocycles. The fourth-order valence-corrected chi connectivity index (χ4v) is 4.12. The van der Waals surface area contributed by atoms with Gasteiger partial charge < -0.3 is 12.4 Å². The highest BCUT2D eigenvalue weighted by Gasteiger charge is 2.34. The van der Waals surface area contributed by atoms with Crippen molar-refractivity contribution in [3.8, 4) is 0 Å². The molecule has 29 heavy (non-hydrogen) atoms. The zero-order valence-electron chi connectivity index (χ0n) is 19.6.